The second-order valence-corrected chi connectivity index (χ2v) is 6.24. The summed E-state index contributed by atoms with van der Waals surface area (Å²) in [5.41, 5.74) is 2.17. The first-order chi connectivity index (χ1) is 11.6. The van der Waals surface area contributed by atoms with Crippen LogP contribution in [0.15, 0.2) is 48.2 Å². The monoisotopic (exact) mass is 339 g/mol. The minimum atomic E-state index is -0.984. The zero-order valence-electron chi connectivity index (χ0n) is 12.7. The number of aromatic nitrogens is 5. The molecule has 0 saturated carbocycles. The first kappa shape index (κ1) is 14.6. The molecular weight excluding hydrogens is 326 g/mol. The fourth-order valence-corrected chi connectivity index (χ4v) is 3.27. The third-order valence-electron chi connectivity index (χ3n) is 3.88. The van der Waals surface area contributed by atoms with Gasteiger partial charge in [-0.15, -0.1) is 16.4 Å². The summed E-state index contributed by atoms with van der Waals surface area (Å²) in [5.74, 6) is -0.984. The van der Waals surface area contributed by atoms with E-state index in [1.54, 1.807) is 46.5 Å². The van der Waals surface area contributed by atoms with Crippen LogP contribution in [-0.2, 0) is 0 Å². The summed E-state index contributed by atoms with van der Waals surface area (Å²) >= 11 is 1.57. The van der Waals surface area contributed by atoms with Crippen LogP contribution in [0.25, 0.3) is 16.2 Å². The van der Waals surface area contributed by atoms with Crippen molar-refractivity contribution in [3.8, 4) is 11.3 Å². The first-order valence-corrected chi connectivity index (χ1v) is 8.18. The van der Waals surface area contributed by atoms with Gasteiger partial charge in [0.05, 0.1) is 23.5 Å². The first-order valence-electron chi connectivity index (χ1n) is 7.30. The molecule has 0 aliphatic carbocycles. The minimum Gasteiger partial charge on any atom is -0.478 e. The average molecular weight is 339 g/mol. The molecule has 24 heavy (non-hydrogen) atoms. The van der Waals surface area contributed by atoms with Crippen LogP contribution in [0.3, 0.4) is 0 Å². The van der Waals surface area contributed by atoms with Gasteiger partial charge in [0.15, 0.2) is 4.96 Å². The van der Waals surface area contributed by atoms with Crippen molar-refractivity contribution in [1.29, 1.82) is 0 Å². The van der Waals surface area contributed by atoms with Crippen LogP contribution in [-0.4, -0.2) is 35.5 Å². The smallest absolute Gasteiger partial charge is 0.336 e. The highest BCUT2D eigenvalue weighted by Gasteiger charge is 2.18. The fraction of sp³-hybridized carbons (Fsp3) is 0.125. The van der Waals surface area contributed by atoms with Crippen LogP contribution >= 0.6 is 11.3 Å². The molecule has 4 rings (SSSR count). The Bertz CT molecular complexity index is 1000. The van der Waals surface area contributed by atoms with Crippen molar-refractivity contribution >= 4 is 22.3 Å². The summed E-state index contributed by atoms with van der Waals surface area (Å²) in [6.45, 7) is 1.98. The van der Waals surface area contributed by atoms with Gasteiger partial charge >= 0.3 is 5.97 Å². The van der Waals surface area contributed by atoms with E-state index in [0.717, 1.165) is 10.7 Å². The number of carbonyl (C=O) groups is 1. The number of benzene rings is 1. The van der Waals surface area contributed by atoms with Crippen molar-refractivity contribution in [3.05, 3.63) is 59.5 Å². The lowest BCUT2D eigenvalue weighted by molar-refractivity contribution is 0.0697. The van der Waals surface area contributed by atoms with Crippen LogP contribution in [0.4, 0.5) is 0 Å². The van der Waals surface area contributed by atoms with Crippen molar-refractivity contribution in [3.63, 3.8) is 0 Å². The molecule has 0 fully saturated rings. The van der Waals surface area contributed by atoms with E-state index in [9.17, 15) is 9.90 Å². The number of hydrogen-bond acceptors (Lipinski definition) is 5. The molecule has 0 bridgehead atoms. The Morgan fingerprint density at radius 2 is 2.12 bits per heavy atom. The average Bonchev–Trinajstić information content (AvgIpc) is 3.29. The van der Waals surface area contributed by atoms with Crippen molar-refractivity contribution < 1.29 is 9.90 Å². The van der Waals surface area contributed by atoms with Gasteiger partial charge in [0.1, 0.15) is 5.69 Å². The van der Waals surface area contributed by atoms with Crippen molar-refractivity contribution in [1.82, 2.24) is 24.4 Å². The summed E-state index contributed by atoms with van der Waals surface area (Å²) in [6, 6.07) is 6.67. The van der Waals surface area contributed by atoms with E-state index in [1.165, 1.54) is 0 Å². The van der Waals surface area contributed by atoms with Gasteiger partial charge in [-0.1, -0.05) is 23.4 Å². The van der Waals surface area contributed by atoms with E-state index in [4.69, 9.17) is 0 Å². The Kier molecular flexibility index (Phi) is 3.39. The highest BCUT2D eigenvalue weighted by molar-refractivity contribution is 7.15. The topological polar surface area (TPSA) is 85.3 Å². The van der Waals surface area contributed by atoms with Gasteiger partial charge in [0.2, 0.25) is 0 Å². The molecule has 1 aromatic carbocycles. The minimum absolute atomic E-state index is 0.102. The molecule has 120 valence electrons. The quantitative estimate of drug-likeness (QED) is 0.618. The number of fused-ring (bicyclic) bond motifs is 1. The van der Waals surface area contributed by atoms with E-state index in [1.807, 2.05) is 29.1 Å². The van der Waals surface area contributed by atoms with Crippen LogP contribution in [0.2, 0.25) is 0 Å². The molecule has 7 nitrogen and oxygen atoms in total. The Balaban J connectivity index is 1.70. The summed E-state index contributed by atoms with van der Waals surface area (Å²) in [7, 11) is 0. The summed E-state index contributed by atoms with van der Waals surface area (Å²) < 4.78 is 3.66. The van der Waals surface area contributed by atoms with E-state index in [-0.39, 0.29) is 11.6 Å². The summed E-state index contributed by atoms with van der Waals surface area (Å²) in [5, 5.41) is 19.6. The van der Waals surface area contributed by atoms with Gasteiger partial charge in [-0.05, 0) is 13.0 Å². The van der Waals surface area contributed by atoms with Gasteiger partial charge in [-0.3, -0.25) is 4.40 Å². The van der Waals surface area contributed by atoms with Gasteiger partial charge in [-0.2, -0.15) is 0 Å². The predicted octanol–water partition coefficient (Wildman–Crippen LogP) is 2.96. The normalized spacial score (nSPS) is 12.5. The zero-order valence-corrected chi connectivity index (χ0v) is 13.5. The highest BCUT2D eigenvalue weighted by Crippen LogP contribution is 2.24. The Morgan fingerprint density at radius 1 is 1.29 bits per heavy atom. The number of aromatic carboxylic acids is 1. The number of nitrogens with zero attached hydrogens (tertiary/aromatic N) is 5. The molecular formula is C16H13N5O2S. The maximum atomic E-state index is 11.4. The summed E-state index contributed by atoms with van der Waals surface area (Å²) in [4.78, 5) is 16.9. The number of carboxylic acid groups (broad SMARTS) is 1. The van der Waals surface area contributed by atoms with Crippen LogP contribution in [0.5, 0.6) is 0 Å². The third kappa shape index (κ3) is 2.37. The van der Waals surface area contributed by atoms with Gasteiger partial charge in [-0.25, -0.2) is 14.5 Å². The molecule has 0 radical (unpaired) electrons. The molecule has 0 spiro atoms. The summed E-state index contributed by atoms with van der Waals surface area (Å²) in [6.07, 6.45) is 5.67. The molecule has 1 N–H and O–H groups in total. The second kappa shape index (κ2) is 5.57. The molecule has 0 amide bonds. The van der Waals surface area contributed by atoms with Crippen molar-refractivity contribution in [2.24, 2.45) is 0 Å². The molecule has 8 heteroatoms. The van der Waals surface area contributed by atoms with Crippen molar-refractivity contribution in [2.75, 3.05) is 0 Å². The maximum absolute atomic E-state index is 11.4. The predicted molar refractivity (Wildman–Crippen MR) is 89.3 cm³/mol. The van der Waals surface area contributed by atoms with Crippen LogP contribution in [0.1, 0.15) is 29.0 Å². The Labute approximate surface area is 140 Å². The number of rotatable bonds is 4. The second-order valence-electron chi connectivity index (χ2n) is 5.37. The van der Waals surface area contributed by atoms with E-state index < -0.39 is 5.97 Å². The Morgan fingerprint density at radius 3 is 2.92 bits per heavy atom. The lowest BCUT2D eigenvalue weighted by Crippen LogP contribution is -2.07. The number of carboxylic acids is 1. The zero-order chi connectivity index (χ0) is 16.7. The third-order valence-corrected chi connectivity index (χ3v) is 4.65. The lowest BCUT2D eigenvalue weighted by Gasteiger charge is -2.07. The molecule has 3 heterocycles. The maximum Gasteiger partial charge on any atom is 0.336 e. The largest absolute Gasteiger partial charge is 0.478 e. The van der Waals surface area contributed by atoms with E-state index in [0.29, 0.717) is 11.3 Å². The number of imidazole rings is 1. The van der Waals surface area contributed by atoms with Crippen molar-refractivity contribution in [2.45, 2.75) is 13.0 Å². The molecule has 3 aromatic heterocycles. The molecule has 0 saturated heterocycles. The highest BCUT2D eigenvalue weighted by atomic mass is 32.1. The van der Waals surface area contributed by atoms with E-state index >= 15 is 0 Å². The molecule has 0 unspecified atom stereocenters. The van der Waals surface area contributed by atoms with Crippen LogP contribution in [0, 0.1) is 0 Å². The van der Waals surface area contributed by atoms with Gasteiger partial charge in [0.25, 0.3) is 0 Å². The number of thiazole rings is 1. The van der Waals surface area contributed by atoms with Gasteiger partial charge in [0, 0.05) is 23.3 Å². The fourth-order valence-electron chi connectivity index (χ4n) is 2.56. The van der Waals surface area contributed by atoms with E-state index in [2.05, 4.69) is 15.3 Å². The molecule has 4 aromatic rings. The standard InChI is InChI=1S/C16H13N5O2S/c1-10(13-8-20-6-7-24-16(20)17-13)21-9-14(18-19-21)11-4-2-3-5-12(11)15(22)23/h2-10H,1H3,(H,22,23)/t10-/m1/s1. The molecule has 1 atom stereocenters. The van der Waals surface area contributed by atoms with Gasteiger partial charge < -0.3 is 5.11 Å². The SMILES string of the molecule is C[C@H](c1cn2ccsc2n1)n1cc(-c2ccccc2C(=O)O)nn1. The van der Waals surface area contributed by atoms with Crippen LogP contribution < -0.4 is 0 Å². The number of hydrogen-bond donors (Lipinski definition) is 1. The molecule has 0 aliphatic heterocycles. The molecule has 0 aliphatic rings. The lowest BCUT2D eigenvalue weighted by atomic mass is 10.1. The Hall–Kier alpha value is -3.00.